The normalized spacial score (nSPS) is 12.8. The molecule has 0 N–H and O–H groups in total. The molecule has 0 saturated carbocycles. The zero-order valence-electron chi connectivity index (χ0n) is 16.3. The van der Waals surface area contributed by atoms with Crippen molar-refractivity contribution >= 4 is 11.2 Å². The first-order chi connectivity index (χ1) is 10.9. The lowest BCUT2D eigenvalue weighted by Gasteiger charge is -2.23. The maximum absolute atomic E-state index is 13.2. The Bertz CT molecular complexity index is 669. The van der Waals surface area contributed by atoms with Gasteiger partial charge in [-0.05, 0) is 71.2 Å². The Morgan fingerprint density at radius 3 is 1.25 bits per heavy atom. The summed E-state index contributed by atoms with van der Waals surface area (Å²) in [5.41, 5.74) is 4.88. The third-order valence-corrected chi connectivity index (χ3v) is 5.59. The van der Waals surface area contributed by atoms with Crippen molar-refractivity contribution in [2.45, 2.75) is 76.0 Å². The molecule has 0 atom stereocenters. The van der Waals surface area contributed by atoms with Crippen LogP contribution in [0.4, 0.5) is 0 Å². The Kier molecular flexibility index (Phi) is 5.22. The van der Waals surface area contributed by atoms with E-state index in [9.17, 15) is 4.55 Å². The average Bonchev–Trinajstić information content (AvgIpc) is 2.43. The fourth-order valence-electron chi connectivity index (χ4n) is 2.71. The van der Waals surface area contributed by atoms with Gasteiger partial charge in [0.15, 0.2) is 9.79 Å². The Labute approximate surface area is 150 Å². The van der Waals surface area contributed by atoms with Crippen LogP contribution < -0.4 is 0 Å². The number of aryl methyl sites for hydroxylation is 2. The van der Waals surface area contributed by atoms with Crippen LogP contribution in [0.3, 0.4) is 0 Å². The molecule has 0 amide bonds. The molecule has 1 nitrogen and oxygen atoms in total. The van der Waals surface area contributed by atoms with Gasteiger partial charge in [-0.1, -0.05) is 53.7 Å². The standard InChI is InChI=1S/C22H30OS/c1-15-9-17(21(3,4)5)13-19(11-15)24(23)20-12-16(2)10-18(14-20)22(6,7)8/h9-14H,1-8H3. The summed E-state index contributed by atoms with van der Waals surface area (Å²) in [5.74, 6) is 0. The molecule has 0 aliphatic rings. The fourth-order valence-corrected chi connectivity index (χ4v) is 4.04. The Hall–Kier alpha value is -1.25. The fraction of sp³-hybridized carbons (Fsp3) is 0.455. The van der Waals surface area contributed by atoms with Crippen LogP contribution >= 0.6 is 0 Å². The third-order valence-electron chi connectivity index (χ3n) is 4.26. The molecule has 0 aliphatic carbocycles. The quantitative estimate of drug-likeness (QED) is 0.608. The van der Waals surface area contributed by atoms with Crippen LogP contribution in [-0.2, 0) is 22.0 Å². The molecule has 2 rings (SSSR count). The van der Waals surface area contributed by atoms with E-state index in [1.54, 1.807) is 0 Å². The molecule has 0 aliphatic heterocycles. The molecule has 2 aromatic rings. The second-order valence-electron chi connectivity index (χ2n) is 8.84. The van der Waals surface area contributed by atoms with Gasteiger partial charge in [0.2, 0.25) is 0 Å². The Balaban J connectivity index is 2.51. The van der Waals surface area contributed by atoms with Gasteiger partial charge in [-0.2, -0.15) is 0 Å². The topological polar surface area (TPSA) is 23.1 Å². The minimum absolute atomic E-state index is 0.0497. The highest BCUT2D eigenvalue weighted by atomic mass is 32.2. The van der Waals surface area contributed by atoms with Gasteiger partial charge in [-0.25, -0.2) is 0 Å². The second kappa shape index (κ2) is 6.57. The van der Waals surface area contributed by atoms with E-state index in [0.717, 1.165) is 20.9 Å². The lowest BCUT2D eigenvalue weighted by atomic mass is 9.86. The van der Waals surface area contributed by atoms with Gasteiger partial charge in [0.1, 0.15) is 0 Å². The summed E-state index contributed by atoms with van der Waals surface area (Å²) >= 11 is -1.16. The lowest BCUT2D eigenvalue weighted by Crippen LogP contribution is -2.15. The van der Waals surface area contributed by atoms with Gasteiger partial charge in [-0.3, -0.25) is 0 Å². The SMILES string of the molecule is Cc1cc([S+]([O-])c2cc(C)cc(C(C)(C)C)c2)cc(C(C)(C)C)c1. The van der Waals surface area contributed by atoms with E-state index in [4.69, 9.17) is 0 Å². The summed E-state index contributed by atoms with van der Waals surface area (Å²) < 4.78 is 13.2. The third kappa shape index (κ3) is 4.43. The zero-order chi connectivity index (χ0) is 18.3. The van der Waals surface area contributed by atoms with Crippen LogP contribution in [0.2, 0.25) is 0 Å². The van der Waals surface area contributed by atoms with Crippen molar-refractivity contribution in [2.24, 2.45) is 0 Å². The summed E-state index contributed by atoms with van der Waals surface area (Å²) in [6.45, 7) is 17.3. The number of hydrogen-bond acceptors (Lipinski definition) is 1. The van der Waals surface area contributed by atoms with Crippen molar-refractivity contribution in [3.63, 3.8) is 0 Å². The summed E-state index contributed by atoms with van der Waals surface area (Å²) in [6.07, 6.45) is 0. The van der Waals surface area contributed by atoms with E-state index < -0.39 is 11.2 Å². The van der Waals surface area contributed by atoms with Crippen molar-refractivity contribution < 1.29 is 4.55 Å². The molecule has 0 saturated heterocycles. The highest BCUT2D eigenvalue weighted by Crippen LogP contribution is 2.32. The van der Waals surface area contributed by atoms with Crippen LogP contribution in [-0.4, -0.2) is 4.55 Å². The van der Waals surface area contributed by atoms with Gasteiger partial charge in [0.25, 0.3) is 0 Å². The van der Waals surface area contributed by atoms with Gasteiger partial charge >= 0.3 is 0 Å². The van der Waals surface area contributed by atoms with E-state index in [1.165, 1.54) is 11.1 Å². The lowest BCUT2D eigenvalue weighted by molar-refractivity contribution is 0.579. The smallest absolute Gasteiger partial charge is 0.159 e. The van der Waals surface area contributed by atoms with Crippen molar-refractivity contribution in [2.75, 3.05) is 0 Å². The molecule has 2 heteroatoms. The van der Waals surface area contributed by atoms with Gasteiger partial charge < -0.3 is 4.55 Å². The van der Waals surface area contributed by atoms with Gasteiger partial charge in [0.05, 0.1) is 0 Å². The molecule has 2 aromatic carbocycles. The maximum atomic E-state index is 13.2. The predicted molar refractivity (Wildman–Crippen MR) is 104 cm³/mol. The van der Waals surface area contributed by atoms with E-state index in [-0.39, 0.29) is 10.8 Å². The molecule has 0 radical (unpaired) electrons. The van der Waals surface area contributed by atoms with Crippen LogP contribution in [0.1, 0.15) is 63.8 Å². The summed E-state index contributed by atoms with van der Waals surface area (Å²) in [5, 5.41) is 0. The number of benzene rings is 2. The van der Waals surface area contributed by atoms with E-state index >= 15 is 0 Å². The van der Waals surface area contributed by atoms with E-state index in [1.807, 2.05) is 12.1 Å². The largest absolute Gasteiger partial charge is 0.606 e. The van der Waals surface area contributed by atoms with Crippen LogP contribution in [0, 0.1) is 13.8 Å². The summed E-state index contributed by atoms with van der Waals surface area (Å²) in [4.78, 5) is 1.79. The summed E-state index contributed by atoms with van der Waals surface area (Å²) in [6, 6.07) is 12.7. The Morgan fingerprint density at radius 2 is 0.958 bits per heavy atom. The Morgan fingerprint density at radius 1 is 0.625 bits per heavy atom. The predicted octanol–water partition coefficient (Wildman–Crippen LogP) is 6.07. The maximum Gasteiger partial charge on any atom is 0.159 e. The number of hydrogen-bond donors (Lipinski definition) is 0. The first-order valence-electron chi connectivity index (χ1n) is 8.54. The van der Waals surface area contributed by atoms with E-state index in [0.29, 0.717) is 0 Å². The first-order valence-corrected chi connectivity index (χ1v) is 9.69. The van der Waals surface area contributed by atoms with Gasteiger partial charge in [-0.15, -0.1) is 0 Å². The van der Waals surface area contributed by atoms with Crippen molar-refractivity contribution in [1.82, 2.24) is 0 Å². The van der Waals surface area contributed by atoms with E-state index in [2.05, 4.69) is 79.7 Å². The van der Waals surface area contributed by atoms with Crippen molar-refractivity contribution in [3.8, 4) is 0 Å². The zero-order valence-corrected chi connectivity index (χ0v) is 17.1. The monoisotopic (exact) mass is 342 g/mol. The molecular weight excluding hydrogens is 312 g/mol. The molecule has 130 valence electrons. The second-order valence-corrected chi connectivity index (χ2v) is 10.3. The van der Waals surface area contributed by atoms with Crippen molar-refractivity contribution in [3.05, 3.63) is 58.7 Å². The molecule has 0 bridgehead atoms. The molecule has 0 unspecified atom stereocenters. The average molecular weight is 343 g/mol. The number of rotatable bonds is 2. The summed E-state index contributed by atoms with van der Waals surface area (Å²) in [7, 11) is 0. The molecule has 0 fully saturated rings. The minimum Gasteiger partial charge on any atom is -0.606 e. The molecular formula is C22H30OS. The van der Waals surface area contributed by atoms with Crippen LogP contribution in [0.25, 0.3) is 0 Å². The minimum atomic E-state index is -1.16. The van der Waals surface area contributed by atoms with Crippen LogP contribution in [0.5, 0.6) is 0 Å². The molecule has 0 heterocycles. The molecule has 0 aromatic heterocycles. The highest BCUT2D eigenvalue weighted by molar-refractivity contribution is 7.91. The highest BCUT2D eigenvalue weighted by Gasteiger charge is 2.23. The molecule has 24 heavy (non-hydrogen) atoms. The first kappa shape index (κ1) is 19.1. The molecule has 0 spiro atoms. The van der Waals surface area contributed by atoms with Crippen LogP contribution in [0.15, 0.2) is 46.2 Å². The van der Waals surface area contributed by atoms with Gasteiger partial charge in [0, 0.05) is 11.2 Å². The van der Waals surface area contributed by atoms with Crippen molar-refractivity contribution in [1.29, 1.82) is 0 Å².